The number of carbonyl (C=O) groups excluding carboxylic acids is 2. The van der Waals surface area contributed by atoms with Crippen molar-refractivity contribution in [2.24, 2.45) is 0 Å². The van der Waals surface area contributed by atoms with E-state index in [1.54, 1.807) is 24.3 Å². The fourth-order valence-corrected chi connectivity index (χ4v) is 2.47. The van der Waals surface area contributed by atoms with Gasteiger partial charge in [0.05, 0.1) is 0 Å². The van der Waals surface area contributed by atoms with Crippen molar-refractivity contribution in [1.82, 2.24) is 10.2 Å². The van der Waals surface area contributed by atoms with Gasteiger partial charge in [0.2, 0.25) is 11.8 Å². The van der Waals surface area contributed by atoms with E-state index < -0.39 is 0 Å². The molecule has 0 spiro atoms. The lowest BCUT2D eigenvalue weighted by Crippen LogP contribution is -2.41. The van der Waals surface area contributed by atoms with E-state index >= 15 is 0 Å². The molecule has 0 aliphatic carbocycles. The summed E-state index contributed by atoms with van der Waals surface area (Å²) in [5.41, 5.74) is 1.75. The minimum Gasteiger partial charge on any atom is -0.489 e. The molecule has 2 aromatic rings. The summed E-state index contributed by atoms with van der Waals surface area (Å²) in [5.74, 6) is 0.341. The second-order valence-electron chi connectivity index (χ2n) is 6.53. The van der Waals surface area contributed by atoms with E-state index in [2.05, 4.69) is 5.32 Å². The van der Waals surface area contributed by atoms with E-state index in [0.29, 0.717) is 24.6 Å². The van der Waals surface area contributed by atoms with E-state index in [9.17, 15) is 9.59 Å². The molecule has 0 fully saturated rings. The minimum absolute atomic E-state index is 0.00696. The highest BCUT2D eigenvalue weighted by Gasteiger charge is 2.15. The van der Waals surface area contributed by atoms with Crippen molar-refractivity contribution in [2.45, 2.75) is 13.5 Å². The standard InChI is InChI=1S/C21H27N3O3/c1-17(25)24(15-21(26)22-13-14-23(2)3)19-9-11-20(12-10-19)27-16-18-7-5-4-6-8-18/h4-12H,13-16H2,1-3H3,(H,22,26). The summed E-state index contributed by atoms with van der Waals surface area (Å²) in [6.45, 7) is 3.22. The first-order valence-electron chi connectivity index (χ1n) is 8.92. The Kier molecular flexibility index (Phi) is 7.82. The predicted molar refractivity (Wildman–Crippen MR) is 107 cm³/mol. The predicted octanol–water partition coefficient (Wildman–Crippen LogP) is 2.30. The first-order chi connectivity index (χ1) is 13.0. The molecule has 0 saturated heterocycles. The van der Waals surface area contributed by atoms with E-state index in [4.69, 9.17) is 4.74 Å². The average Bonchev–Trinajstić information content (AvgIpc) is 2.65. The van der Waals surface area contributed by atoms with Crippen LogP contribution in [0.4, 0.5) is 5.69 Å². The minimum atomic E-state index is -0.185. The van der Waals surface area contributed by atoms with Crippen LogP contribution in [-0.4, -0.2) is 50.4 Å². The van der Waals surface area contributed by atoms with E-state index in [1.807, 2.05) is 49.3 Å². The Labute approximate surface area is 160 Å². The maximum absolute atomic E-state index is 12.1. The number of rotatable bonds is 9. The Morgan fingerprint density at radius 3 is 2.26 bits per heavy atom. The van der Waals surface area contributed by atoms with Crippen molar-refractivity contribution in [2.75, 3.05) is 38.6 Å². The lowest BCUT2D eigenvalue weighted by molar-refractivity contribution is -0.123. The summed E-state index contributed by atoms with van der Waals surface area (Å²) < 4.78 is 5.76. The molecule has 2 amide bonds. The molecule has 0 bridgehead atoms. The third kappa shape index (κ3) is 7.11. The van der Waals surface area contributed by atoms with Gasteiger partial charge >= 0.3 is 0 Å². The molecular formula is C21H27N3O3. The molecule has 2 rings (SSSR count). The summed E-state index contributed by atoms with van der Waals surface area (Å²) in [6, 6.07) is 17.1. The summed E-state index contributed by atoms with van der Waals surface area (Å²) in [6.07, 6.45) is 0. The SMILES string of the molecule is CC(=O)N(CC(=O)NCCN(C)C)c1ccc(OCc2ccccc2)cc1. The molecule has 0 saturated carbocycles. The third-order valence-corrected chi connectivity index (χ3v) is 3.96. The molecule has 0 atom stereocenters. The summed E-state index contributed by atoms with van der Waals surface area (Å²) in [4.78, 5) is 27.5. The molecule has 6 heteroatoms. The number of hydrogen-bond donors (Lipinski definition) is 1. The number of benzene rings is 2. The maximum atomic E-state index is 12.1. The molecule has 6 nitrogen and oxygen atoms in total. The molecule has 1 N–H and O–H groups in total. The molecule has 0 heterocycles. The van der Waals surface area contributed by atoms with Gasteiger partial charge in [-0.3, -0.25) is 9.59 Å². The molecule has 27 heavy (non-hydrogen) atoms. The van der Waals surface area contributed by atoms with Gasteiger partial charge in [0.25, 0.3) is 0 Å². The van der Waals surface area contributed by atoms with E-state index in [0.717, 1.165) is 12.1 Å². The summed E-state index contributed by atoms with van der Waals surface area (Å²) in [5, 5.41) is 2.82. The van der Waals surface area contributed by atoms with Crippen molar-refractivity contribution in [3.8, 4) is 5.75 Å². The van der Waals surface area contributed by atoms with Gasteiger partial charge in [-0.1, -0.05) is 30.3 Å². The zero-order valence-corrected chi connectivity index (χ0v) is 16.1. The van der Waals surface area contributed by atoms with Gasteiger partial charge in [-0.15, -0.1) is 0 Å². The zero-order valence-electron chi connectivity index (χ0n) is 16.1. The topological polar surface area (TPSA) is 61.9 Å². The molecule has 144 valence electrons. The second kappa shape index (κ2) is 10.3. The first kappa shape index (κ1) is 20.5. The Morgan fingerprint density at radius 1 is 1.00 bits per heavy atom. The monoisotopic (exact) mass is 369 g/mol. The number of amides is 2. The normalized spacial score (nSPS) is 10.5. The number of nitrogens with zero attached hydrogens (tertiary/aromatic N) is 2. The van der Waals surface area contributed by atoms with Crippen molar-refractivity contribution >= 4 is 17.5 Å². The lowest BCUT2D eigenvalue weighted by atomic mass is 10.2. The smallest absolute Gasteiger partial charge is 0.240 e. The van der Waals surface area contributed by atoms with Crippen LogP contribution in [0.3, 0.4) is 0 Å². The van der Waals surface area contributed by atoms with Crippen LogP contribution in [0.1, 0.15) is 12.5 Å². The lowest BCUT2D eigenvalue weighted by Gasteiger charge is -2.21. The molecular weight excluding hydrogens is 342 g/mol. The van der Waals surface area contributed by atoms with Gasteiger partial charge in [0.1, 0.15) is 18.9 Å². The quantitative estimate of drug-likeness (QED) is 0.737. The van der Waals surface area contributed by atoms with Crippen LogP contribution in [0, 0.1) is 0 Å². The molecule has 0 unspecified atom stereocenters. The van der Waals surface area contributed by atoms with Gasteiger partial charge in [-0.05, 0) is 43.9 Å². The largest absolute Gasteiger partial charge is 0.489 e. The molecule has 0 aliphatic rings. The van der Waals surface area contributed by atoms with Crippen LogP contribution in [0.15, 0.2) is 54.6 Å². The average molecular weight is 369 g/mol. The van der Waals surface area contributed by atoms with Crippen LogP contribution in [-0.2, 0) is 16.2 Å². The highest BCUT2D eigenvalue weighted by atomic mass is 16.5. The third-order valence-electron chi connectivity index (χ3n) is 3.96. The second-order valence-corrected chi connectivity index (χ2v) is 6.53. The Balaban J connectivity index is 1.92. The van der Waals surface area contributed by atoms with Crippen molar-refractivity contribution < 1.29 is 14.3 Å². The number of ether oxygens (including phenoxy) is 1. The zero-order chi connectivity index (χ0) is 19.6. The number of carbonyl (C=O) groups is 2. The highest BCUT2D eigenvalue weighted by molar-refractivity contribution is 5.97. The van der Waals surface area contributed by atoms with Crippen LogP contribution >= 0.6 is 0 Å². The van der Waals surface area contributed by atoms with E-state index in [1.165, 1.54) is 11.8 Å². The Bertz CT molecular complexity index is 730. The maximum Gasteiger partial charge on any atom is 0.240 e. The van der Waals surface area contributed by atoms with Crippen molar-refractivity contribution in [3.63, 3.8) is 0 Å². The Hall–Kier alpha value is -2.86. The molecule has 2 aromatic carbocycles. The fraction of sp³-hybridized carbons (Fsp3) is 0.333. The van der Waals surface area contributed by atoms with Gasteiger partial charge in [0, 0.05) is 25.7 Å². The number of hydrogen-bond acceptors (Lipinski definition) is 4. The fourth-order valence-electron chi connectivity index (χ4n) is 2.47. The highest BCUT2D eigenvalue weighted by Crippen LogP contribution is 2.20. The van der Waals surface area contributed by atoms with Crippen LogP contribution in [0.25, 0.3) is 0 Å². The van der Waals surface area contributed by atoms with Gasteiger partial charge in [-0.2, -0.15) is 0 Å². The number of anilines is 1. The molecule has 0 aromatic heterocycles. The molecule has 0 aliphatic heterocycles. The van der Waals surface area contributed by atoms with Crippen LogP contribution in [0.2, 0.25) is 0 Å². The van der Waals surface area contributed by atoms with Crippen LogP contribution < -0.4 is 15.0 Å². The number of likely N-dealkylation sites (N-methyl/N-ethyl adjacent to an activating group) is 1. The van der Waals surface area contributed by atoms with Crippen molar-refractivity contribution in [1.29, 1.82) is 0 Å². The van der Waals surface area contributed by atoms with Crippen molar-refractivity contribution in [3.05, 3.63) is 60.2 Å². The first-order valence-corrected chi connectivity index (χ1v) is 8.92. The van der Waals surface area contributed by atoms with Crippen LogP contribution in [0.5, 0.6) is 5.75 Å². The number of nitrogens with one attached hydrogen (secondary N) is 1. The van der Waals surface area contributed by atoms with Gasteiger partial charge in [0.15, 0.2) is 0 Å². The Morgan fingerprint density at radius 2 is 1.67 bits per heavy atom. The summed E-state index contributed by atoms with van der Waals surface area (Å²) >= 11 is 0. The summed E-state index contributed by atoms with van der Waals surface area (Å²) in [7, 11) is 3.88. The van der Waals surface area contributed by atoms with E-state index in [-0.39, 0.29) is 18.4 Å². The molecule has 0 radical (unpaired) electrons. The van der Waals surface area contributed by atoms with Gasteiger partial charge < -0.3 is 19.9 Å². The van der Waals surface area contributed by atoms with Gasteiger partial charge in [-0.25, -0.2) is 0 Å².